The molecule has 0 spiro atoms. The zero-order valence-corrected chi connectivity index (χ0v) is 15.7. The van der Waals surface area contributed by atoms with E-state index in [1.54, 1.807) is 18.3 Å². The van der Waals surface area contributed by atoms with Crippen molar-refractivity contribution in [1.29, 1.82) is 0 Å². The van der Waals surface area contributed by atoms with Crippen molar-refractivity contribution < 1.29 is 13.2 Å². The summed E-state index contributed by atoms with van der Waals surface area (Å²) in [6.07, 6.45) is 2.23. The minimum atomic E-state index is -2.83. The normalized spacial score (nSPS) is 16.9. The largest absolute Gasteiger partial charge is 0.368 e. The van der Waals surface area contributed by atoms with Gasteiger partial charge in [0.15, 0.2) is 0 Å². The SMILES string of the molecule is Fc1cccnc1C1(CNc2ccc(-c3ccc4cn[nH]c4c3)nn2)CC(F)(F)C1. The predicted octanol–water partition coefficient (Wildman–Crippen LogP) is 4.33. The molecule has 2 N–H and O–H groups in total. The number of hydrogen-bond acceptors (Lipinski definition) is 5. The second-order valence-corrected chi connectivity index (χ2v) is 7.65. The van der Waals surface area contributed by atoms with E-state index in [1.165, 1.54) is 18.3 Å². The average molecular weight is 410 g/mol. The van der Waals surface area contributed by atoms with Crippen molar-refractivity contribution in [2.75, 3.05) is 11.9 Å². The quantitative estimate of drug-likeness (QED) is 0.512. The highest BCUT2D eigenvalue weighted by Crippen LogP contribution is 2.53. The van der Waals surface area contributed by atoms with Crippen LogP contribution in [0.3, 0.4) is 0 Å². The van der Waals surface area contributed by atoms with Crippen LogP contribution in [0.4, 0.5) is 19.0 Å². The minimum Gasteiger partial charge on any atom is -0.368 e. The molecule has 4 aromatic rings. The number of alkyl halides is 2. The van der Waals surface area contributed by atoms with Crippen molar-refractivity contribution >= 4 is 16.7 Å². The number of nitrogens with one attached hydrogen (secondary N) is 2. The third-order valence-electron chi connectivity index (χ3n) is 5.46. The number of rotatable bonds is 5. The number of pyridine rings is 1. The molecule has 30 heavy (non-hydrogen) atoms. The molecule has 0 atom stereocenters. The summed E-state index contributed by atoms with van der Waals surface area (Å²) in [7, 11) is 0. The van der Waals surface area contributed by atoms with Crippen molar-refractivity contribution in [2.45, 2.75) is 24.2 Å². The van der Waals surface area contributed by atoms with E-state index >= 15 is 0 Å². The van der Waals surface area contributed by atoms with Crippen LogP contribution in [0.5, 0.6) is 0 Å². The lowest BCUT2D eigenvalue weighted by molar-refractivity contribution is -0.124. The zero-order valence-electron chi connectivity index (χ0n) is 15.7. The Bertz CT molecular complexity index is 1200. The summed E-state index contributed by atoms with van der Waals surface area (Å²) in [5.74, 6) is -2.98. The van der Waals surface area contributed by atoms with Gasteiger partial charge in [-0.2, -0.15) is 5.10 Å². The number of anilines is 1. The maximum atomic E-state index is 14.2. The topological polar surface area (TPSA) is 79.4 Å². The summed E-state index contributed by atoms with van der Waals surface area (Å²) in [6.45, 7) is 0.0880. The molecule has 1 saturated carbocycles. The molecule has 0 aliphatic heterocycles. The maximum absolute atomic E-state index is 14.2. The van der Waals surface area contributed by atoms with Gasteiger partial charge in [0, 0.05) is 41.9 Å². The van der Waals surface area contributed by atoms with Gasteiger partial charge in [0.05, 0.1) is 23.1 Å². The smallest absolute Gasteiger partial charge is 0.250 e. The lowest BCUT2D eigenvalue weighted by Gasteiger charge is -2.47. The maximum Gasteiger partial charge on any atom is 0.250 e. The Kier molecular flexibility index (Phi) is 4.19. The average Bonchev–Trinajstić information content (AvgIpc) is 3.19. The van der Waals surface area contributed by atoms with E-state index in [0.717, 1.165) is 16.5 Å². The van der Waals surface area contributed by atoms with E-state index in [4.69, 9.17) is 0 Å². The molecule has 1 aromatic carbocycles. The van der Waals surface area contributed by atoms with Crippen LogP contribution >= 0.6 is 0 Å². The van der Waals surface area contributed by atoms with Gasteiger partial charge in [0.2, 0.25) is 5.92 Å². The summed E-state index contributed by atoms with van der Waals surface area (Å²) in [4.78, 5) is 4.03. The molecular formula is C21H17F3N6. The standard InChI is InChI=1S/C21H17F3N6/c22-15-2-1-7-25-19(15)20(10-21(23,24)11-20)12-26-18-6-5-16(29-30-18)13-3-4-14-9-27-28-17(14)8-13/h1-9H,10-12H2,(H,26,30)(H,27,28). The Hall–Kier alpha value is -3.49. The van der Waals surface area contributed by atoms with Crippen LogP contribution in [0.15, 0.2) is 54.9 Å². The number of hydrogen-bond donors (Lipinski definition) is 2. The summed E-state index contributed by atoms with van der Waals surface area (Å²) in [5, 5.41) is 19.3. The second-order valence-electron chi connectivity index (χ2n) is 7.65. The van der Waals surface area contributed by atoms with Crippen LogP contribution in [-0.4, -0.2) is 37.8 Å². The number of fused-ring (bicyclic) bond motifs is 1. The number of benzene rings is 1. The van der Waals surface area contributed by atoms with E-state index in [-0.39, 0.29) is 12.2 Å². The molecule has 0 bridgehead atoms. The van der Waals surface area contributed by atoms with Gasteiger partial charge in [-0.25, -0.2) is 13.2 Å². The van der Waals surface area contributed by atoms with E-state index in [9.17, 15) is 13.2 Å². The van der Waals surface area contributed by atoms with Gasteiger partial charge in [0.25, 0.3) is 0 Å². The van der Waals surface area contributed by atoms with E-state index < -0.39 is 30.0 Å². The number of halogens is 3. The summed E-state index contributed by atoms with van der Waals surface area (Å²) in [5.41, 5.74) is 1.40. The minimum absolute atomic E-state index is 0.0564. The van der Waals surface area contributed by atoms with Gasteiger partial charge in [-0.1, -0.05) is 12.1 Å². The Labute approximate surface area is 169 Å². The van der Waals surface area contributed by atoms with Gasteiger partial charge in [0.1, 0.15) is 11.6 Å². The molecule has 0 saturated heterocycles. The fourth-order valence-corrected chi connectivity index (χ4v) is 4.03. The Morgan fingerprint density at radius 3 is 2.67 bits per heavy atom. The van der Waals surface area contributed by atoms with Gasteiger partial charge >= 0.3 is 0 Å². The van der Waals surface area contributed by atoms with Gasteiger partial charge in [-0.3, -0.25) is 10.1 Å². The molecular weight excluding hydrogens is 393 g/mol. The molecule has 1 aliphatic carbocycles. The van der Waals surface area contributed by atoms with Crippen LogP contribution in [0, 0.1) is 5.82 Å². The van der Waals surface area contributed by atoms with Crippen LogP contribution in [0.1, 0.15) is 18.5 Å². The Balaban J connectivity index is 1.34. The highest BCUT2D eigenvalue weighted by atomic mass is 19.3. The molecule has 0 amide bonds. The summed E-state index contributed by atoms with van der Waals surface area (Å²) >= 11 is 0. The molecule has 3 heterocycles. The van der Waals surface area contributed by atoms with Gasteiger partial charge in [-0.15, -0.1) is 10.2 Å². The fourth-order valence-electron chi connectivity index (χ4n) is 4.03. The lowest BCUT2D eigenvalue weighted by atomic mass is 9.63. The Morgan fingerprint density at radius 1 is 1.07 bits per heavy atom. The molecule has 3 aromatic heterocycles. The lowest BCUT2D eigenvalue weighted by Crippen LogP contribution is -2.54. The number of H-pyrrole nitrogens is 1. The first-order valence-corrected chi connectivity index (χ1v) is 9.44. The highest BCUT2D eigenvalue weighted by molar-refractivity contribution is 5.83. The molecule has 1 aliphatic rings. The number of aromatic nitrogens is 5. The first-order valence-electron chi connectivity index (χ1n) is 9.44. The zero-order chi connectivity index (χ0) is 20.8. The highest BCUT2D eigenvalue weighted by Gasteiger charge is 2.59. The third-order valence-corrected chi connectivity index (χ3v) is 5.46. The van der Waals surface area contributed by atoms with Crippen molar-refractivity contribution in [3.8, 4) is 11.3 Å². The van der Waals surface area contributed by atoms with E-state index in [0.29, 0.717) is 11.5 Å². The molecule has 152 valence electrons. The summed E-state index contributed by atoms with van der Waals surface area (Å²) < 4.78 is 41.6. The van der Waals surface area contributed by atoms with Crippen molar-refractivity contribution in [3.63, 3.8) is 0 Å². The van der Waals surface area contributed by atoms with E-state index in [2.05, 4.69) is 30.7 Å². The third kappa shape index (κ3) is 3.26. The molecule has 6 nitrogen and oxygen atoms in total. The van der Waals surface area contributed by atoms with E-state index in [1.807, 2.05) is 18.2 Å². The van der Waals surface area contributed by atoms with Crippen LogP contribution < -0.4 is 5.32 Å². The van der Waals surface area contributed by atoms with Gasteiger partial charge in [-0.05, 0) is 30.3 Å². The van der Waals surface area contributed by atoms with Crippen molar-refractivity contribution in [3.05, 3.63) is 66.4 Å². The first kappa shape index (κ1) is 18.5. The molecule has 5 rings (SSSR count). The van der Waals surface area contributed by atoms with Crippen LogP contribution in [0.25, 0.3) is 22.2 Å². The van der Waals surface area contributed by atoms with Crippen LogP contribution in [0.2, 0.25) is 0 Å². The fraction of sp³-hybridized carbons (Fsp3) is 0.238. The molecule has 0 unspecified atom stereocenters. The molecule has 9 heteroatoms. The number of nitrogens with zero attached hydrogens (tertiary/aromatic N) is 4. The predicted molar refractivity (Wildman–Crippen MR) is 106 cm³/mol. The van der Waals surface area contributed by atoms with Crippen molar-refractivity contribution in [2.24, 2.45) is 0 Å². The Morgan fingerprint density at radius 2 is 1.93 bits per heavy atom. The monoisotopic (exact) mass is 410 g/mol. The first-order chi connectivity index (χ1) is 14.4. The van der Waals surface area contributed by atoms with Crippen LogP contribution in [-0.2, 0) is 5.41 Å². The van der Waals surface area contributed by atoms with Gasteiger partial charge < -0.3 is 5.32 Å². The second kappa shape index (κ2) is 6.79. The van der Waals surface area contributed by atoms with Crippen molar-refractivity contribution in [1.82, 2.24) is 25.4 Å². The summed E-state index contributed by atoms with van der Waals surface area (Å²) in [6, 6.07) is 12.0. The molecule has 1 fully saturated rings. The molecule has 0 radical (unpaired) electrons. The number of aromatic amines is 1.